The molecule has 0 aromatic heterocycles. The quantitative estimate of drug-likeness (QED) is 0.442. The van der Waals surface area contributed by atoms with E-state index in [0.29, 0.717) is 0 Å². The van der Waals surface area contributed by atoms with Crippen LogP contribution in [0.2, 0.25) is 0 Å². The molecule has 0 saturated heterocycles. The van der Waals surface area contributed by atoms with E-state index in [1.54, 1.807) is 0 Å². The van der Waals surface area contributed by atoms with E-state index >= 15 is 0 Å². The number of allylic oxidation sites excluding steroid dienone is 1. The first-order valence-corrected chi connectivity index (χ1v) is 6.50. The van der Waals surface area contributed by atoms with Crippen LogP contribution in [0.25, 0.3) is 0 Å². The highest BCUT2D eigenvalue weighted by atomic mass is 16.3. The van der Waals surface area contributed by atoms with Gasteiger partial charge in [-0.25, -0.2) is 0 Å². The highest BCUT2D eigenvalue weighted by Gasteiger charge is 1.99. The van der Waals surface area contributed by atoms with Gasteiger partial charge in [-0.3, -0.25) is 0 Å². The van der Waals surface area contributed by atoms with Gasteiger partial charge in [0.2, 0.25) is 0 Å². The summed E-state index contributed by atoms with van der Waals surface area (Å²) >= 11 is 0. The summed E-state index contributed by atoms with van der Waals surface area (Å²) in [6.45, 7) is 6.32. The molecule has 15 heavy (non-hydrogen) atoms. The molecule has 0 fully saturated rings. The van der Waals surface area contributed by atoms with Crippen LogP contribution in [0.4, 0.5) is 0 Å². The Bertz CT molecular complexity index is 157. The number of rotatable bonds is 9. The molecule has 1 N–H and O–H groups in total. The summed E-state index contributed by atoms with van der Waals surface area (Å²) in [5.74, 6) is 0. The zero-order valence-electron chi connectivity index (χ0n) is 10.8. The summed E-state index contributed by atoms with van der Waals surface area (Å²) in [5, 5.41) is 9.58. The average Bonchev–Trinajstić information content (AvgIpc) is 2.15. The Morgan fingerprint density at radius 2 is 1.53 bits per heavy atom. The van der Waals surface area contributed by atoms with Crippen LogP contribution in [0.15, 0.2) is 11.6 Å². The molecular weight excluding hydrogens is 184 g/mol. The lowest BCUT2D eigenvalue weighted by molar-refractivity contribution is 0.207. The summed E-state index contributed by atoms with van der Waals surface area (Å²) in [6.07, 6.45) is 11.9. The maximum absolute atomic E-state index is 9.58. The molecule has 0 aliphatic heterocycles. The normalized spacial score (nSPS) is 12.5. The van der Waals surface area contributed by atoms with E-state index in [9.17, 15) is 5.11 Å². The minimum Gasteiger partial charge on any atom is -0.389 e. The molecule has 0 rings (SSSR count). The first kappa shape index (κ1) is 14.7. The third kappa shape index (κ3) is 11.6. The van der Waals surface area contributed by atoms with Crippen LogP contribution in [-0.2, 0) is 0 Å². The maximum atomic E-state index is 9.58. The first-order valence-electron chi connectivity index (χ1n) is 6.50. The Labute approximate surface area is 95.6 Å². The van der Waals surface area contributed by atoms with Crippen LogP contribution in [-0.4, -0.2) is 11.2 Å². The molecule has 0 amide bonds. The average molecular weight is 212 g/mol. The Hall–Kier alpha value is -0.300. The van der Waals surface area contributed by atoms with Gasteiger partial charge in [0.15, 0.2) is 0 Å². The number of unbranched alkanes of at least 4 members (excludes halogenated alkanes) is 6. The van der Waals surface area contributed by atoms with Gasteiger partial charge in [0.1, 0.15) is 0 Å². The monoisotopic (exact) mass is 212 g/mol. The first-order chi connectivity index (χ1) is 7.16. The second kappa shape index (κ2) is 10.2. The Kier molecular flexibility index (Phi) is 10.0. The van der Waals surface area contributed by atoms with Crippen molar-refractivity contribution in [3.63, 3.8) is 0 Å². The fourth-order valence-electron chi connectivity index (χ4n) is 1.78. The minimum atomic E-state index is -0.217. The van der Waals surface area contributed by atoms with Gasteiger partial charge in [-0.15, -0.1) is 0 Å². The molecule has 0 aliphatic rings. The molecule has 1 nitrogen and oxygen atoms in total. The molecule has 0 bridgehead atoms. The predicted octanol–water partition coefficient (Wildman–Crippen LogP) is 4.45. The van der Waals surface area contributed by atoms with Crippen molar-refractivity contribution in [1.82, 2.24) is 0 Å². The van der Waals surface area contributed by atoms with Crippen molar-refractivity contribution >= 4 is 0 Å². The molecule has 0 aromatic rings. The van der Waals surface area contributed by atoms with Crippen molar-refractivity contribution < 1.29 is 5.11 Å². The topological polar surface area (TPSA) is 20.2 Å². The molecule has 0 spiro atoms. The number of aliphatic hydroxyl groups excluding tert-OH is 1. The fraction of sp³-hybridized carbons (Fsp3) is 0.857. The van der Waals surface area contributed by atoms with Crippen LogP contribution in [0.3, 0.4) is 0 Å². The van der Waals surface area contributed by atoms with Gasteiger partial charge >= 0.3 is 0 Å². The molecular formula is C14H28O. The summed E-state index contributed by atoms with van der Waals surface area (Å²) in [6, 6.07) is 0. The van der Waals surface area contributed by atoms with Gasteiger partial charge in [0.25, 0.3) is 0 Å². The van der Waals surface area contributed by atoms with E-state index in [1.165, 1.54) is 44.1 Å². The van der Waals surface area contributed by atoms with Gasteiger partial charge in [-0.1, -0.05) is 63.5 Å². The van der Waals surface area contributed by atoms with E-state index in [0.717, 1.165) is 12.8 Å². The largest absolute Gasteiger partial charge is 0.389 e. The van der Waals surface area contributed by atoms with Crippen molar-refractivity contribution in [3.8, 4) is 0 Å². The molecule has 0 heterocycles. The van der Waals surface area contributed by atoms with Crippen LogP contribution < -0.4 is 0 Å². The van der Waals surface area contributed by atoms with E-state index in [1.807, 2.05) is 19.9 Å². The Morgan fingerprint density at radius 1 is 1.00 bits per heavy atom. The lowest BCUT2D eigenvalue weighted by atomic mass is 10.1. The standard InChI is InChI=1S/C14H28O/c1-4-5-6-7-8-9-10-11-14(15)12-13(2)3/h12,14-15H,4-11H2,1-3H3. The van der Waals surface area contributed by atoms with Crippen LogP contribution >= 0.6 is 0 Å². The van der Waals surface area contributed by atoms with Crippen LogP contribution in [0.1, 0.15) is 72.1 Å². The van der Waals surface area contributed by atoms with Gasteiger partial charge < -0.3 is 5.11 Å². The van der Waals surface area contributed by atoms with Crippen molar-refractivity contribution in [3.05, 3.63) is 11.6 Å². The number of hydrogen-bond acceptors (Lipinski definition) is 1. The van der Waals surface area contributed by atoms with Crippen molar-refractivity contribution in [2.45, 2.75) is 78.2 Å². The molecule has 0 saturated carbocycles. The molecule has 0 radical (unpaired) electrons. The summed E-state index contributed by atoms with van der Waals surface area (Å²) in [5.41, 5.74) is 1.21. The van der Waals surface area contributed by atoms with E-state index in [2.05, 4.69) is 6.92 Å². The number of aliphatic hydroxyl groups is 1. The fourth-order valence-corrected chi connectivity index (χ4v) is 1.78. The third-order valence-corrected chi connectivity index (χ3v) is 2.63. The zero-order chi connectivity index (χ0) is 11.5. The lowest BCUT2D eigenvalue weighted by Gasteiger charge is -2.06. The molecule has 0 aliphatic carbocycles. The zero-order valence-corrected chi connectivity index (χ0v) is 10.8. The molecule has 1 heteroatoms. The second-order valence-corrected chi connectivity index (χ2v) is 4.72. The summed E-state index contributed by atoms with van der Waals surface area (Å²) < 4.78 is 0. The smallest absolute Gasteiger partial charge is 0.0723 e. The minimum absolute atomic E-state index is 0.217. The van der Waals surface area contributed by atoms with E-state index < -0.39 is 0 Å². The van der Waals surface area contributed by atoms with Gasteiger partial charge in [0.05, 0.1) is 6.10 Å². The molecule has 90 valence electrons. The Balaban J connectivity index is 3.20. The highest BCUT2D eigenvalue weighted by Crippen LogP contribution is 2.10. The molecule has 1 atom stereocenters. The van der Waals surface area contributed by atoms with Gasteiger partial charge in [0, 0.05) is 0 Å². The van der Waals surface area contributed by atoms with Crippen LogP contribution in [0.5, 0.6) is 0 Å². The van der Waals surface area contributed by atoms with Crippen LogP contribution in [0, 0.1) is 0 Å². The van der Waals surface area contributed by atoms with Crippen molar-refractivity contribution in [1.29, 1.82) is 0 Å². The van der Waals surface area contributed by atoms with Crippen molar-refractivity contribution in [2.24, 2.45) is 0 Å². The predicted molar refractivity (Wildman–Crippen MR) is 68.0 cm³/mol. The van der Waals surface area contributed by atoms with E-state index in [-0.39, 0.29) is 6.10 Å². The third-order valence-electron chi connectivity index (χ3n) is 2.63. The highest BCUT2D eigenvalue weighted by molar-refractivity contribution is 4.97. The van der Waals surface area contributed by atoms with Crippen molar-refractivity contribution in [2.75, 3.05) is 0 Å². The maximum Gasteiger partial charge on any atom is 0.0723 e. The lowest BCUT2D eigenvalue weighted by Crippen LogP contribution is -2.02. The van der Waals surface area contributed by atoms with Gasteiger partial charge in [-0.05, 0) is 20.3 Å². The second-order valence-electron chi connectivity index (χ2n) is 4.72. The summed E-state index contributed by atoms with van der Waals surface area (Å²) in [7, 11) is 0. The van der Waals surface area contributed by atoms with E-state index in [4.69, 9.17) is 0 Å². The summed E-state index contributed by atoms with van der Waals surface area (Å²) in [4.78, 5) is 0. The Morgan fingerprint density at radius 3 is 2.07 bits per heavy atom. The SMILES string of the molecule is CCCCCCCCCC(O)C=C(C)C. The van der Waals surface area contributed by atoms with Gasteiger partial charge in [-0.2, -0.15) is 0 Å². The molecule has 0 aromatic carbocycles. The number of hydrogen-bond donors (Lipinski definition) is 1. The molecule has 1 unspecified atom stereocenters.